The fourth-order valence-corrected chi connectivity index (χ4v) is 3.01. The van der Waals surface area contributed by atoms with E-state index in [4.69, 9.17) is 0 Å². The molecular formula is C16H21BrN2O2. The van der Waals surface area contributed by atoms with Gasteiger partial charge in [0.1, 0.15) is 0 Å². The monoisotopic (exact) mass is 352 g/mol. The summed E-state index contributed by atoms with van der Waals surface area (Å²) in [5.74, 6) is -0.233. The summed E-state index contributed by atoms with van der Waals surface area (Å²) in [6, 6.07) is 7.88. The molecule has 1 aliphatic carbocycles. The van der Waals surface area contributed by atoms with Gasteiger partial charge in [-0.25, -0.2) is 0 Å². The zero-order valence-corrected chi connectivity index (χ0v) is 13.6. The number of hydrogen-bond donors (Lipinski definition) is 2. The van der Waals surface area contributed by atoms with Gasteiger partial charge in [0.25, 0.3) is 0 Å². The Hall–Kier alpha value is -1.36. The van der Waals surface area contributed by atoms with Gasteiger partial charge in [-0.3, -0.25) is 9.59 Å². The molecule has 0 saturated heterocycles. The molecule has 2 N–H and O–H groups in total. The van der Waals surface area contributed by atoms with E-state index in [9.17, 15) is 9.59 Å². The quantitative estimate of drug-likeness (QED) is 0.855. The van der Waals surface area contributed by atoms with Crippen LogP contribution in [0.2, 0.25) is 0 Å². The molecule has 1 saturated carbocycles. The Labute approximate surface area is 133 Å². The van der Waals surface area contributed by atoms with E-state index in [0.717, 1.165) is 22.9 Å². The first-order valence-electron chi connectivity index (χ1n) is 7.44. The summed E-state index contributed by atoms with van der Waals surface area (Å²) in [6.45, 7) is 0.0553. The molecule has 5 heteroatoms. The first-order valence-corrected chi connectivity index (χ1v) is 8.24. The minimum Gasteiger partial charge on any atom is -0.352 e. The lowest BCUT2D eigenvalue weighted by Crippen LogP contribution is -2.43. The molecule has 0 aromatic heterocycles. The highest BCUT2D eigenvalue weighted by atomic mass is 79.9. The Morgan fingerprint density at radius 1 is 1.10 bits per heavy atom. The summed E-state index contributed by atoms with van der Waals surface area (Å²) in [5.41, 5.74) is 0.919. The van der Waals surface area contributed by atoms with Crippen LogP contribution in [0.15, 0.2) is 28.7 Å². The highest BCUT2D eigenvalue weighted by Gasteiger charge is 2.16. The van der Waals surface area contributed by atoms with Gasteiger partial charge in [-0.1, -0.05) is 53.4 Å². The second-order valence-corrected chi connectivity index (χ2v) is 6.30. The number of rotatable bonds is 5. The van der Waals surface area contributed by atoms with E-state index in [1.54, 1.807) is 0 Å². The molecule has 21 heavy (non-hydrogen) atoms. The largest absolute Gasteiger partial charge is 0.352 e. The van der Waals surface area contributed by atoms with Crippen molar-refractivity contribution >= 4 is 27.7 Å². The van der Waals surface area contributed by atoms with E-state index in [0.29, 0.717) is 0 Å². The van der Waals surface area contributed by atoms with E-state index < -0.39 is 0 Å². The third kappa shape index (κ3) is 5.50. The van der Waals surface area contributed by atoms with Gasteiger partial charge in [0.15, 0.2) is 0 Å². The molecule has 0 radical (unpaired) electrons. The SMILES string of the molecule is O=C(Cc1ccccc1Br)NCC(=O)NC1CCCCC1. The topological polar surface area (TPSA) is 58.2 Å². The van der Waals surface area contributed by atoms with Gasteiger partial charge in [-0.15, -0.1) is 0 Å². The Morgan fingerprint density at radius 2 is 1.81 bits per heavy atom. The molecular weight excluding hydrogens is 332 g/mol. The molecule has 0 heterocycles. The summed E-state index contributed by atoms with van der Waals surface area (Å²) >= 11 is 3.41. The predicted octanol–water partition coefficient (Wildman–Crippen LogP) is 2.56. The standard InChI is InChI=1S/C16H21BrN2O2/c17-14-9-5-4-6-12(14)10-15(20)18-11-16(21)19-13-7-2-1-3-8-13/h4-6,9,13H,1-3,7-8,10-11H2,(H,18,20)(H,19,21). The summed E-state index contributed by atoms with van der Waals surface area (Å²) in [5, 5.41) is 5.66. The van der Waals surface area contributed by atoms with Crippen molar-refractivity contribution < 1.29 is 9.59 Å². The Morgan fingerprint density at radius 3 is 2.52 bits per heavy atom. The van der Waals surface area contributed by atoms with E-state index in [2.05, 4.69) is 26.6 Å². The Balaban J connectivity index is 1.71. The van der Waals surface area contributed by atoms with Crippen LogP contribution in [0.25, 0.3) is 0 Å². The zero-order chi connectivity index (χ0) is 15.1. The lowest BCUT2D eigenvalue weighted by atomic mass is 9.95. The Kier molecular flexibility index (Phi) is 6.23. The summed E-state index contributed by atoms with van der Waals surface area (Å²) in [6.07, 6.45) is 6.00. The van der Waals surface area contributed by atoms with Crippen LogP contribution in [-0.2, 0) is 16.0 Å². The van der Waals surface area contributed by atoms with Gasteiger partial charge in [-0.05, 0) is 24.5 Å². The van der Waals surface area contributed by atoms with Crippen molar-refractivity contribution in [3.63, 3.8) is 0 Å². The lowest BCUT2D eigenvalue weighted by Gasteiger charge is -2.22. The lowest BCUT2D eigenvalue weighted by molar-refractivity contribution is -0.126. The van der Waals surface area contributed by atoms with Gasteiger partial charge >= 0.3 is 0 Å². The fraction of sp³-hybridized carbons (Fsp3) is 0.500. The third-order valence-corrected chi connectivity index (χ3v) is 4.50. The van der Waals surface area contributed by atoms with Gasteiger partial charge < -0.3 is 10.6 Å². The minimum atomic E-state index is -0.138. The number of carbonyl (C=O) groups excluding carboxylic acids is 2. The third-order valence-electron chi connectivity index (χ3n) is 3.73. The first kappa shape index (κ1) is 16.0. The molecule has 0 bridgehead atoms. The van der Waals surface area contributed by atoms with Crippen LogP contribution < -0.4 is 10.6 Å². The maximum atomic E-state index is 11.8. The van der Waals surface area contributed by atoms with Crippen molar-refractivity contribution in [1.82, 2.24) is 10.6 Å². The second-order valence-electron chi connectivity index (χ2n) is 5.45. The summed E-state index contributed by atoms with van der Waals surface area (Å²) in [4.78, 5) is 23.6. The number of hydrogen-bond acceptors (Lipinski definition) is 2. The number of carbonyl (C=O) groups is 2. The van der Waals surface area contributed by atoms with Crippen LogP contribution in [0.5, 0.6) is 0 Å². The van der Waals surface area contributed by atoms with Crippen molar-refractivity contribution in [3.8, 4) is 0 Å². The van der Waals surface area contributed by atoms with Crippen LogP contribution in [0.3, 0.4) is 0 Å². The van der Waals surface area contributed by atoms with Crippen molar-refractivity contribution in [3.05, 3.63) is 34.3 Å². The Bertz CT molecular complexity index is 499. The van der Waals surface area contributed by atoms with Gasteiger partial charge in [-0.2, -0.15) is 0 Å². The molecule has 0 spiro atoms. The molecule has 0 unspecified atom stereocenters. The zero-order valence-electron chi connectivity index (χ0n) is 12.0. The molecule has 2 amide bonds. The number of benzene rings is 1. The van der Waals surface area contributed by atoms with Crippen molar-refractivity contribution in [2.45, 2.75) is 44.6 Å². The number of amides is 2. The fourth-order valence-electron chi connectivity index (χ4n) is 2.58. The molecule has 1 aromatic carbocycles. The van der Waals surface area contributed by atoms with Gasteiger partial charge in [0, 0.05) is 10.5 Å². The smallest absolute Gasteiger partial charge is 0.239 e. The van der Waals surface area contributed by atoms with Crippen molar-refractivity contribution in [1.29, 1.82) is 0 Å². The maximum absolute atomic E-state index is 11.8. The first-order chi connectivity index (χ1) is 10.1. The molecule has 1 aromatic rings. The summed E-state index contributed by atoms with van der Waals surface area (Å²) in [7, 11) is 0. The number of nitrogens with one attached hydrogen (secondary N) is 2. The number of halogens is 1. The van der Waals surface area contributed by atoms with E-state index >= 15 is 0 Å². The average Bonchev–Trinajstić information content (AvgIpc) is 2.49. The summed E-state index contributed by atoms with van der Waals surface area (Å²) < 4.78 is 0.909. The molecule has 0 atom stereocenters. The van der Waals surface area contributed by atoms with Gasteiger partial charge in [0.2, 0.25) is 11.8 Å². The average molecular weight is 353 g/mol. The highest BCUT2D eigenvalue weighted by Crippen LogP contribution is 2.17. The molecule has 1 fully saturated rings. The van der Waals surface area contributed by atoms with Crippen molar-refractivity contribution in [2.24, 2.45) is 0 Å². The van der Waals surface area contributed by atoms with Gasteiger partial charge in [0.05, 0.1) is 13.0 Å². The minimum absolute atomic E-state index is 0.0553. The van der Waals surface area contributed by atoms with Crippen LogP contribution in [0.1, 0.15) is 37.7 Å². The van der Waals surface area contributed by atoms with E-state index in [1.165, 1.54) is 19.3 Å². The van der Waals surface area contributed by atoms with Crippen LogP contribution in [0.4, 0.5) is 0 Å². The van der Waals surface area contributed by atoms with E-state index in [1.807, 2.05) is 24.3 Å². The van der Waals surface area contributed by atoms with Crippen molar-refractivity contribution in [2.75, 3.05) is 6.54 Å². The van der Waals surface area contributed by atoms with E-state index in [-0.39, 0.29) is 30.8 Å². The molecule has 1 aliphatic rings. The predicted molar refractivity (Wildman–Crippen MR) is 85.9 cm³/mol. The molecule has 114 valence electrons. The van der Waals surface area contributed by atoms with Crippen LogP contribution in [0, 0.1) is 0 Å². The molecule has 4 nitrogen and oxygen atoms in total. The van der Waals surface area contributed by atoms with Crippen LogP contribution >= 0.6 is 15.9 Å². The highest BCUT2D eigenvalue weighted by molar-refractivity contribution is 9.10. The second kappa shape index (κ2) is 8.17. The van der Waals surface area contributed by atoms with Crippen LogP contribution in [-0.4, -0.2) is 24.4 Å². The maximum Gasteiger partial charge on any atom is 0.239 e. The molecule has 2 rings (SSSR count). The molecule has 0 aliphatic heterocycles. The normalized spacial score (nSPS) is 15.5.